The summed E-state index contributed by atoms with van der Waals surface area (Å²) in [6.07, 6.45) is 6.24. The lowest BCUT2D eigenvalue weighted by Crippen LogP contribution is -2.30. The van der Waals surface area contributed by atoms with E-state index in [1.807, 2.05) is 32.9 Å². The minimum absolute atomic E-state index is 0.0653. The highest BCUT2D eigenvalue weighted by Crippen LogP contribution is 2.29. The molecule has 0 bridgehead atoms. The number of ether oxygens (including phenoxy) is 1. The van der Waals surface area contributed by atoms with Gasteiger partial charge in [-0.2, -0.15) is 0 Å². The summed E-state index contributed by atoms with van der Waals surface area (Å²) < 4.78 is 34.5. The summed E-state index contributed by atoms with van der Waals surface area (Å²) in [5.74, 6) is -2.26. The Morgan fingerprint density at radius 2 is 1.94 bits per heavy atom. The average molecular weight is 507 g/mol. The molecule has 2 aromatic rings. The number of pyridine rings is 1. The van der Waals surface area contributed by atoms with Gasteiger partial charge in [-0.25, -0.2) is 13.6 Å². The van der Waals surface area contributed by atoms with Crippen molar-refractivity contribution in [3.63, 3.8) is 0 Å². The molecule has 3 rings (SSSR count). The van der Waals surface area contributed by atoms with Gasteiger partial charge in [-0.15, -0.1) is 0 Å². The molecule has 0 saturated carbocycles. The van der Waals surface area contributed by atoms with Crippen LogP contribution in [0.5, 0.6) is 0 Å². The second-order valence-electron chi connectivity index (χ2n) is 7.30. The van der Waals surface area contributed by atoms with E-state index < -0.39 is 17.6 Å². The highest BCUT2D eigenvalue weighted by Gasteiger charge is 2.21. The predicted octanol–water partition coefficient (Wildman–Crippen LogP) is 6.44. The van der Waals surface area contributed by atoms with E-state index in [0.717, 1.165) is 34.4 Å². The Bertz CT molecular complexity index is 991. The van der Waals surface area contributed by atoms with Crippen LogP contribution in [0.2, 0.25) is 0 Å². The zero-order valence-electron chi connectivity index (χ0n) is 19.1. The number of carbonyl (C=O) groups is 1. The molecule has 0 saturated heterocycles. The molecular weight excluding hydrogens is 478 g/mol. The first-order valence-corrected chi connectivity index (χ1v) is 11.4. The Morgan fingerprint density at radius 1 is 1.28 bits per heavy atom. The van der Waals surface area contributed by atoms with Gasteiger partial charge in [-0.05, 0) is 44.0 Å². The first kappa shape index (κ1) is 25.9. The molecule has 0 fully saturated rings. The Hall–Kier alpha value is -2.38. The summed E-state index contributed by atoms with van der Waals surface area (Å²) in [5.41, 5.74) is 3.59. The summed E-state index contributed by atoms with van der Waals surface area (Å²) in [6.45, 7) is 10.0. The van der Waals surface area contributed by atoms with Crippen molar-refractivity contribution in [1.82, 2.24) is 9.88 Å². The molecule has 1 aliphatic rings. The minimum atomic E-state index is -0.763. The molecule has 0 spiro atoms. The number of esters is 1. The summed E-state index contributed by atoms with van der Waals surface area (Å²) in [7, 11) is 1.18. The van der Waals surface area contributed by atoms with Crippen molar-refractivity contribution in [3.05, 3.63) is 74.5 Å². The fourth-order valence-corrected chi connectivity index (χ4v) is 4.08. The third-order valence-electron chi connectivity index (χ3n) is 5.08. The molecule has 1 aromatic heterocycles. The summed E-state index contributed by atoms with van der Waals surface area (Å²) in [4.78, 5) is 18.1. The fourth-order valence-electron chi connectivity index (χ4n) is 3.56. The Balaban J connectivity index is 0.00000176. The number of hydrogen-bond donors (Lipinski definition) is 0. The molecule has 1 aliphatic heterocycles. The summed E-state index contributed by atoms with van der Waals surface area (Å²) in [6, 6.07) is 3.97. The van der Waals surface area contributed by atoms with Gasteiger partial charge in [-0.3, -0.25) is 9.88 Å². The molecule has 32 heavy (non-hydrogen) atoms. The Labute approximate surface area is 197 Å². The van der Waals surface area contributed by atoms with Gasteiger partial charge in [0, 0.05) is 47.1 Å². The first-order chi connectivity index (χ1) is 15.3. The SMILES string of the molecule is CC.COC(=O)c1cc(F)c(C2=CCN(C/C(C)=C/c3c(Br)ccnc3C)CC2)c(F)c1. The normalized spacial score (nSPS) is 14.4. The van der Waals surface area contributed by atoms with E-state index in [-0.39, 0.29) is 11.1 Å². The van der Waals surface area contributed by atoms with E-state index in [0.29, 0.717) is 25.1 Å². The predicted molar refractivity (Wildman–Crippen MR) is 128 cm³/mol. The Morgan fingerprint density at radius 3 is 2.47 bits per heavy atom. The number of halogens is 3. The second kappa shape index (κ2) is 12.0. The van der Waals surface area contributed by atoms with Crippen LogP contribution in [-0.2, 0) is 4.74 Å². The number of rotatable bonds is 5. The van der Waals surface area contributed by atoms with E-state index in [1.165, 1.54) is 12.7 Å². The van der Waals surface area contributed by atoms with E-state index >= 15 is 0 Å². The van der Waals surface area contributed by atoms with Gasteiger partial charge in [-0.1, -0.05) is 47.5 Å². The molecule has 0 amide bonds. The molecule has 2 heterocycles. The number of hydrogen-bond acceptors (Lipinski definition) is 4. The van der Waals surface area contributed by atoms with Gasteiger partial charge >= 0.3 is 5.97 Å². The van der Waals surface area contributed by atoms with Crippen molar-refractivity contribution < 1.29 is 18.3 Å². The highest BCUT2D eigenvalue weighted by molar-refractivity contribution is 9.10. The van der Waals surface area contributed by atoms with Crippen molar-refractivity contribution in [2.24, 2.45) is 0 Å². The molecule has 0 aliphatic carbocycles. The third kappa shape index (κ3) is 6.33. The maximum Gasteiger partial charge on any atom is 0.338 e. The molecule has 172 valence electrons. The van der Waals surface area contributed by atoms with Gasteiger partial charge in [0.2, 0.25) is 0 Å². The van der Waals surface area contributed by atoms with Crippen LogP contribution in [-0.4, -0.2) is 42.6 Å². The number of carbonyl (C=O) groups excluding carboxylic acids is 1. The van der Waals surface area contributed by atoms with Crippen LogP contribution in [0.1, 0.15) is 54.4 Å². The Kier molecular flexibility index (Phi) is 9.72. The topological polar surface area (TPSA) is 42.4 Å². The van der Waals surface area contributed by atoms with Crippen molar-refractivity contribution in [3.8, 4) is 0 Å². The molecule has 0 radical (unpaired) electrons. The van der Waals surface area contributed by atoms with Crippen molar-refractivity contribution in [1.29, 1.82) is 0 Å². The van der Waals surface area contributed by atoms with Crippen LogP contribution in [0.25, 0.3) is 11.6 Å². The molecule has 0 atom stereocenters. The van der Waals surface area contributed by atoms with Crippen molar-refractivity contribution in [2.45, 2.75) is 34.1 Å². The summed E-state index contributed by atoms with van der Waals surface area (Å²) in [5, 5.41) is 0. The number of aromatic nitrogens is 1. The zero-order valence-corrected chi connectivity index (χ0v) is 20.7. The quantitative estimate of drug-likeness (QED) is 0.437. The van der Waals surface area contributed by atoms with Gasteiger partial charge in [0.1, 0.15) is 11.6 Å². The molecule has 1 aromatic carbocycles. The number of methoxy groups -OCH3 is 1. The van der Waals surface area contributed by atoms with Gasteiger partial charge in [0.25, 0.3) is 0 Å². The lowest BCUT2D eigenvalue weighted by Gasteiger charge is -2.27. The molecular formula is C25H29BrF2N2O2. The van der Waals surface area contributed by atoms with E-state index in [2.05, 4.69) is 43.6 Å². The van der Waals surface area contributed by atoms with Crippen molar-refractivity contribution >= 4 is 33.5 Å². The first-order valence-electron chi connectivity index (χ1n) is 10.6. The molecule has 0 N–H and O–H groups in total. The molecule has 4 nitrogen and oxygen atoms in total. The monoisotopic (exact) mass is 506 g/mol. The van der Waals surface area contributed by atoms with Crippen LogP contribution in [0.4, 0.5) is 8.78 Å². The van der Waals surface area contributed by atoms with Crippen molar-refractivity contribution in [2.75, 3.05) is 26.7 Å². The minimum Gasteiger partial charge on any atom is -0.465 e. The largest absolute Gasteiger partial charge is 0.465 e. The van der Waals surface area contributed by atoms with E-state index in [4.69, 9.17) is 0 Å². The van der Waals surface area contributed by atoms with Crippen LogP contribution in [0, 0.1) is 18.6 Å². The standard InChI is InChI=1S/C23H23BrF2N2O2.C2H6/c1-14(10-18-15(2)27-7-4-19(18)24)13-28-8-5-16(6-9-28)22-20(25)11-17(12-21(22)26)23(29)30-3;1-2/h4-5,7,10-12H,6,8-9,13H2,1-3H3;1-2H3/b14-10+;. The smallest absolute Gasteiger partial charge is 0.338 e. The lowest BCUT2D eigenvalue weighted by atomic mass is 9.96. The molecule has 0 unspecified atom stereocenters. The maximum atomic E-state index is 14.5. The van der Waals surface area contributed by atoms with E-state index in [1.54, 1.807) is 6.20 Å². The van der Waals surface area contributed by atoms with Crippen LogP contribution in [0.15, 0.2) is 40.5 Å². The van der Waals surface area contributed by atoms with Crippen LogP contribution >= 0.6 is 15.9 Å². The molecule has 7 heteroatoms. The average Bonchev–Trinajstić information content (AvgIpc) is 2.78. The summed E-state index contributed by atoms with van der Waals surface area (Å²) >= 11 is 3.56. The van der Waals surface area contributed by atoms with Gasteiger partial charge in [0.05, 0.1) is 12.7 Å². The third-order valence-corrected chi connectivity index (χ3v) is 5.77. The number of aryl methyl sites for hydroxylation is 1. The van der Waals surface area contributed by atoms with Gasteiger partial charge in [0.15, 0.2) is 0 Å². The number of benzene rings is 1. The second-order valence-corrected chi connectivity index (χ2v) is 8.16. The number of nitrogens with zero attached hydrogens (tertiary/aromatic N) is 2. The highest BCUT2D eigenvalue weighted by atomic mass is 79.9. The van der Waals surface area contributed by atoms with Crippen LogP contribution in [0.3, 0.4) is 0 Å². The maximum absolute atomic E-state index is 14.5. The lowest BCUT2D eigenvalue weighted by molar-refractivity contribution is 0.0599. The van der Waals surface area contributed by atoms with E-state index in [9.17, 15) is 13.6 Å². The zero-order chi connectivity index (χ0) is 23.8. The fraction of sp³-hybridized carbons (Fsp3) is 0.360. The van der Waals surface area contributed by atoms with Gasteiger partial charge < -0.3 is 4.74 Å². The van der Waals surface area contributed by atoms with Crippen LogP contribution < -0.4 is 0 Å².